The topological polar surface area (TPSA) is 71.1 Å². The Balaban J connectivity index is 2.26. The molecule has 106 valence electrons. The molecule has 2 aliphatic rings. The van der Waals surface area contributed by atoms with Gasteiger partial charge in [0, 0.05) is 6.20 Å². The van der Waals surface area contributed by atoms with E-state index in [-0.39, 0.29) is 17.6 Å². The van der Waals surface area contributed by atoms with Crippen LogP contribution in [0.5, 0.6) is 0 Å². The highest BCUT2D eigenvalue weighted by molar-refractivity contribution is 5.92. The van der Waals surface area contributed by atoms with Crippen molar-refractivity contribution in [1.82, 2.24) is 4.90 Å². The highest BCUT2D eigenvalue weighted by Crippen LogP contribution is 2.41. The quantitative estimate of drug-likeness (QED) is 0.788. The largest absolute Gasteiger partial charge is 0.384 e. The Kier molecular flexibility index (Phi) is 3.36. The summed E-state index contributed by atoms with van der Waals surface area (Å²) in [7, 11) is 0. The molecule has 1 saturated heterocycles. The van der Waals surface area contributed by atoms with Gasteiger partial charge in [0.2, 0.25) is 6.23 Å². The predicted molar refractivity (Wildman–Crippen MR) is 66.2 cm³/mol. The van der Waals surface area contributed by atoms with Crippen LogP contribution in [0.4, 0.5) is 8.78 Å². The van der Waals surface area contributed by atoms with Gasteiger partial charge in [0.05, 0.1) is 6.10 Å². The zero-order chi connectivity index (χ0) is 14.4. The third-order valence-electron chi connectivity index (χ3n) is 3.19. The summed E-state index contributed by atoms with van der Waals surface area (Å²) in [5.74, 6) is -3.41. The molecule has 0 saturated carbocycles. The number of rotatable bonds is 2. The Morgan fingerprint density at radius 1 is 1.58 bits per heavy atom. The molecule has 0 bridgehead atoms. The van der Waals surface area contributed by atoms with Crippen molar-refractivity contribution in [1.29, 1.82) is 0 Å². The van der Waals surface area contributed by atoms with Crippen molar-refractivity contribution in [3.63, 3.8) is 0 Å². The fourth-order valence-electron chi connectivity index (χ4n) is 2.15. The average Bonchev–Trinajstić information content (AvgIpc) is 2.52. The first-order valence-electron chi connectivity index (χ1n) is 5.96. The van der Waals surface area contributed by atoms with Crippen LogP contribution in [0.1, 0.15) is 13.8 Å². The summed E-state index contributed by atoms with van der Waals surface area (Å²) in [6, 6.07) is 0. The maximum Gasteiger partial charge on any atom is 0.320 e. The number of ether oxygens (including phenoxy) is 1. The lowest BCUT2D eigenvalue weighted by Crippen LogP contribution is -2.47. The Morgan fingerprint density at radius 2 is 2.21 bits per heavy atom. The van der Waals surface area contributed by atoms with Crippen molar-refractivity contribution in [2.24, 2.45) is 16.6 Å². The lowest BCUT2D eigenvalue weighted by Gasteiger charge is -2.31. The Hall–Kier alpha value is -1.47. The molecule has 7 heteroatoms. The Morgan fingerprint density at radius 3 is 2.68 bits per heavy atom. The van der Waals surface area contributed by atoms with Crippen LogP contribution in [0, 0.1) is 5.92 Å². The average molecular weight is 273 g/mol. The molecular weight excluding hydrogens is 256 g/mol. The van der Waals surface area contributed by atoms with E-state index in [0.29, 0.717) is 0 Å². The van der Waals surface area contributed by atoms with Crippen molar-refractivity contribution < 1.29 is 18.6 Å². The van der Waals surface area contributed by atoms with Gasteiger partial charge in [-0.1, -0.05) is 20.4 Å². The summed E-state index contributed by atoms with van der Waals surface area (Å²) in [6.07, 6.45) is -1.72. The van der Waals surface area contributed by atoms with Crippen molar-refractivity contribution in [3.05, 3.63) is 24.7 Å². The third-order valence-corrected chi connectivity index (χ3v) is 3.19. The van der Waals surface area contributed by atoms with E-state index in [1.807, 2.05) is 0 Å². The molecule has 3 atom stereocenters. The Labute approximate surface area is 110 Å². The normalized spacial score (nSPS) is 34.0. The molecule has 5 nitrogen and oxygen atoms in total. The second kappa shape index (κ2) is 4.57. The van der Waals surface area contributed by atoms with Gasteiger partial charge < -0.3 is 20.5 Å². The van der Waals surface area contributed by atoms with Crippen molar-refractivity contribution >= 4 is 5.84 Å². The maximum atomic E-state index is 14.1. The molecule has 0 spiro atoms. The standard InChI is InChI=1S/C12H17F2N3O2/c1-6(2)9-10(18)12(13,14)11(19-9)17-5-4-8(15)16-7(17)3/h4-6,9-11,18H,3H2,1-2H3,(H2,15,16)/t9-,10+,11-/m1/s1. The highest BCUT2D eigenvalue weighted by Gasteiger charge is 2.61. The first kappa shape index (κ1) is 14.0. The molecule has 0 amide bonds. The molecule has 0 unspecified atom stereocenters. The van der Waals surface area contributed by atoms with Crippen molar-refractivity contribution in [2.75, 3.05) is 0 Å². The van der Waals surface area contributed by atoms with E-state index in [1.165, 1.54) is 12.3 Å². The van der Waals surface area contributed by atoms with Crippen LogP contribution >= 0.6 is 0 Å². The van der Waals surface area contributed by atoms with E-state index >= 15 is 0 Å². The Bertz CT molecular complexity index is 448. The lowest BCUT2D eigenvalue weighted by molar-refractivity contribution is -0.148. The number of hydrogen-bond acceptors (Lipinski definition) is 5. The van der Waals surface area contributed by atoms with Crippen molar-refractivity contribution in [3.8, 4) is 0 Å². The third kappa shape index (κ3) is 2.23. The molecule has 19 heavy (non-hydrogen) atoms. The molecular formula is C12H17F2N3O2. The van der Waals surface area contributed by atoms with Gasteiger partial charge in [-0.05, 0) is 12.0 Å². The van der Waals surface area contributed by atoms with E-state index in [4.69, 9.17) is 10.5 Å². The molecule has 0 aromatic rings. The zero-order valence-corrected chi connectivity index (χ0v) is 10.8. The summed E-state index contributed by atoms with van der Waals surface area (Å²) in [5, 5.41) is 9.71. The van der Waals surface area contributed by atoms with Gasteiger partial charge in [-0.25, -0.2) is 4.99 Å². The van der Waals surface area contributed by atoms with Gasteiger partial charge in [-0.3, -0.25) is 0 Å². The summed E-state index contributed by atoms with van der Waals surface area (Å²) in [4.78, 5) is 4.90. The van der Waals surface area contributed by atoms with Gasteiger partial charge in [0.25, 0.3) is 0 Å². The monoisotopic (exact) mass is 273 g/mol. The molecule has 0 aliphatic carbocycles. The van der Waals surface area contributed by atoms with Crippen molar-refractivity contribution in [2.45, 2.75) is 38.2 Å². The van der Waals surface area contributed by atoms with E-state index in [0.717, 1.165) is 4.90 Å². The molecule has 0 aromatic heterocycles. The van der Waals surface area contributed by atoms with Crippen LogP contribution in [-0.4, -0.2) is 40.2 Å². The van der Waals surface area contributed by atoms with Gasteiger partial charge >= 0.3 is 5.92 Å². The number of aliphatic hydroxyl groups excluding tert-OH is 1. The van der Waals surface area contributed by atoms with Gasteiger partial charge in [-0.15, -0.1) is 0 Å². The minimum atomic E-state index is -3.41. The second-order valence-corrected chi connectivity index (χ2v) is 4.99. The second-order valence-electron chi connectivity index (χ2n) is 4.99. The number of aliphatic imine (C=N–C) groups is 1. The molecule has 1 fully saturated rings. The van der Waals surface area contributed by atoms with Crippen LogP contribution in [0.2, 0.25) is 0 Å². The van der Waals surface area contributed by atoms with E-state index in [9.17, 15) is 13.9 Å². The lowest BCUT2D eigenvalue weighted by atomic mass is 10.00. The summed E-state index contributed by atoms with van der Waals surface area (Å²) in [5.41, 5.74) is 5.45. The number of hydrogen-bond donors (Lipinski definition) is 2. The molecule has 3 N–H and O–H groups in total. The smallest absolute Gasteiger partial charge is 0.320 e. The van der Waals surface area contributed by atoms with Crippen LogP contribution in [-0.2, 0) is 4.74 Å². The number of amidine groups is 1. The number of aliphatic hydroxyl groups is 1. The minimum Gasteiger partial charge on any atom is -0.384 e. The maximum absolute atomic E-state index is 14.1. The zero-order valence-electron chi connectivity index (χ0n) is 10.8. The van der Waals surface area contributed by atoms with Crippen LogP contribution < -0.4 is 5.73 Å². The summed E-state index contributed by atoms with van der Waals surface area (Å²) < 4.78 is 33.5. The van der Waals surface area contributed by atoms with E-state index in [2.05, 4.69) is 11.6 Å². The van der Waals surface area contributed by atoms with Gasteiger partial charge in [0.15, 0.2) is 0 Å². The summed E-state index contributed by atoms with van der Waals surface area (Å²) in [6.45, 7) is 6.99. The predicted octanol–water partition coefficient (Wildman–Crippen LogP) is 1.02. The van der Waals surface area contributed by atoms with Crippen LogP contribution in [0.25, 0.3) is 0 Å². The molecule has 0 radical (unpaired) electrons. The first-order valence-corrected chi connectivity index (χ1v) is 5.96. The number of alkyl halides is 2. The molecule has 2 rings (SSSR count). The fraction of sp³-hybridized carbons (Fsp3) is 0.583. The fourth-order valence-corrected chi connectivity index (χ4v) is 2.15. The van der Waals surface area contributed by atoms with E-state index in [1.54, 1.807) is 13.8 Å². The van der Waals surface area contributed by atoms with Gasteiger partial charge in [-0.2, -0.15) is 8.78 Å². The first-order chi connectivity index (χ1) is 8.75. The van der Waals surface area contributed by atoms with Crippen LogP contribution in [0.15, 0.2) is 29.7 Å². The van der Waals surface area contributed by atoms with Crippen LogP contribution in [0.3, 0.4) is 0 Å². The highest BCUT2D eigenvalue weighted by atomic mass is 19.3. The minimum absolute atomic E-state index is 0.0567. The molecule has 2 heterocycles. The van der Waals surface area contributed by atoms with Gasteiger partial charge in [0.1, 0.15) is 17.8 Å². The molecule has 0 aromatic carbocycles. The summed E-state index contributed by atoms with van der Waals surface area (Å²) >= 11 is 0. The SMILES string of the molecule is C=C1N=C(N)C=CN1[C@@H]1O[C@H](C(C)C)[C@H](O)C1(F)F. The van der Waals surface area contributed by atoms with E-state index < -0.39 is 24.4 Å². The number of nitrogens with two attached hydrogens (primary N) is 1. The number of nitrogens with zero attached hydrogens (tertiary/aromatic N) is 2. The number of halogens is 2. The molecule has 2 aliphatic heterocycles.